The number of para-hydroxylation sites is 1. The molecule has 2 nitrogen and oxygen atoms in total. The number of rotatable bonds is 3. The second-order valence-corrected chi connectivity index (χ2v) is 6.04. The van der Waals surface area contributed by atoms with Crippen LogP contribution in [0.2, 0.25) is 0 Å². The van der Waals surface area contributed by atoms with Gasteiger partial charge in [0.05, 0.1) is 6.04 Å². The van der Waals surface area contributed by atoms with Crippen LogP contribution in [0.15, 0.2) is 48.5 Å². The lowest BCUT2D eigenvalue weighted by molar-refractivity contribution is 0.0958. The molecule has 0 bridgehead atoms. The summed E-state index contributed by atoms with van der Waals surface area (Å²) in [5.41, 5.74) is 3.64. The molecule has 0 aromatic heterocycles. The monoisotopic (exact) mass is 267 g/mol. The van der Waals surface area contributed by atoms with E-state index >= 15 is 0 Å². The van der Waals surface area contributed by atoms with Gasteiger partial charge in [0.25, 0.3) is 0 Å². The van der Waals surface area contributed by atoms with Crippen LogP contribution < -0.4 is 10.1 Å². The number of hydrogen-bond donors (Lipinski definition) is 1. The first-order valence-electron chi connectivity index (χ1n) is 7.13. The van der Waals surface area contributed by atoms with Crippen LogP contribution >= 0.6 is 0 Å². The molecule has 0 spiro atoms. The van der Waals surface area contributed by atoms with Gasteiger partial charge in [0.2, 0.25) is 0 Å². The highest BCUT2D eigenvalue weighted by Crippen LogP contribution is 2.42. The highest BCUT2D eigenvalue weighted by atomic mass is 16.5. The zero-order valence-electron chi connectivity index (χ0n) is 12.3. The number of ether oxygens (including phenoxy) is 1. The largest absolute Gasteiger partial charge is 0.486 e. The minimum atomic E-state index is -0.214. The lowest BCUT2D eigenvalue weighted by Crippen LogP contribution is -2.38. The van der Waals surface area contributed by atoms with Crippen molar-refractivity contribution in [1.82, 2.24) is 5.32 Å². The summed E-state index contributed by atoms with van der Waals surface area (Å²) in [6, 6.07) is 17.2. The Bertz CT molecular complexity index is 601. The Morgan fingerprint density at radius 2 is 1.75 bits per heavy atom. The molecule has 2 aromatic rings. The van der Waals surface area contributed by atoms with Gasteiger partial charge in [-0.2, -0.15) is 0 Å². The third-order valence-electron chi connectivity index (χ3n) is 3.93. The van der Waals surface area contributed by atoms with E-state index in [0.717, 1.165) is 12.3 Å². The van der Waals surface area contributed by atoms with Crippen molar-refractivity contribution in [2.75, 3.05) is 0 Å². The van der Waals surface area contributed by atoms with E-state index in [1.165, 1.54) is 16.7 Å². The molecule has 1 N–H and O–H groups in total. The molecule has 2 heteroatoms. The van der Waals surface area contributed by atoms with Gasteiger partial charge in [-0.25, -0.2) is 0 Å². The van der Waals surface area contributed by atoms with Crippen molar-refractivity contribution >= 4 is 0 Å². The van der Waals surface area contributed by atoms with Crippen LogP contribution in [0.5, 0.6) is 5.75 Å². The van der Waals surface area contributed by atoms with Gasteiger partial charge in [0.1, 0.15) is 11.4 Å². The van der Waals surface area contributed by atoms with Gasteiger partial charge in [-0.15, -0.1) is 0 Å². The van der Waals surface area contributed by atoms with E-state index in [1.54, 1.807) is 0 Å². The van der Waals surface area contributed by atoms with Crippen molar-refractivity contribution in [3.05, 3.63) is 65.2 Å². The summed E-state index contributed by atoms with van der Waals surface area (Å²) in [4.78, 5) is 0. The molecule has 0 saturated heterocycles. The molecule has 0 radical (unpaired) electrons. The fourth-order valence-corrected chi connectivity index (χ4v) is 2.81. The summed E-state index contributed by atoms with van der Waals surface area (Å²) < 4.78 is 6.05. The van der Waals surface area contributed by atoms with Crippen LogP contribution in [-0.2, 0) is 6.54 Å². The van der Waals surface area contributed by atoms with Gasteiger partial charge in [0, 0.05) is 12.1 Å². The van der Waals surface area contributed by atoms with E-state index in [9.17, 15) is 0 Å². The Morgan fingerprint density at radius 3 is 2.50 bits per heavy atom. The van der Waals surface area contributed by atoms with Crippen molar-refractivity contribution < 1.29 is 4.74 Å². The molecule has 1 aliphatic rings. The Labute approximate surface area is 120 Å². The summed E-state index contributed by atoms with van der Waals surface area (Å²) in [6.07, 6.45) is 0. The highest BCUT2D eigenvalue weighted by Gasteiger charge is 2.40. The maximum atomic E-state index is 6.05. The quantitative estimate of drug-likeness (QED) is 0.907. The van der Waals surface area contributed by atoms with Crippen molar-refractivity contribution in [2.24, 2.45) is 0 Å². The van der Waals surface area contributed by atoms with Crippen LogP contribution in [0.4, 0.5) is 0 Å². The van der Waals surface area contributed by atoms with Gasteiger partial charge in [-0.1, -0.05) is 48.0 Å². The normalized spacial score (nSPS) is 19.4. The Hall–Kier alpha value is -1.80. The fourth-order valence-electron chi connectivity index (χ4n) is 2.81. The van der Waals surface area contributed by atoms with Gasteiger partial charge in [-0.3, -0.25) is 0 Å². The van der Waals surface area contributed by atoms with Crippen LogP contribution in [0, 0.1) is 6.92 Å². The lowest BCUT2D eigenvalue weighted by Gasteiger charge is -2.27. The maximum absolute atomic E-state index is 6.05. The average Bonchev–Trinajstić information content (AvgIpc) is 2.68. The number of benzene rings is 2. The standard InChI is InChI=1S/C18H21NO/c1-13-8-10-14(11-9-13)12-19-17-15-6-4-5-7-16(15)20-18(17,2)3/h4-11,17,19H,12H2,1-3H3. The second-order valence-electron chi connectivity index (χ2n) is 6.04. The average molecular weight is 267 g/mol. The van der Waals surface area contributed by atoms with Crippen molar-refractivity contribution in [2.45, 2.75) is 39.0 Å². The molecular weight excluding hydrogens is 246 g/mol. The number of aryl methyl sites for hydroxylation is 1. The van der Waals surface area contributed by atoms with Gasteiger partial charge >= 0.3 is 0 Å². The minimum absolute atomic E-state index is 0.214. The van der Waals surface area contributed by atoms with Crippen LogP contribution in [0.3, 0.4) is 0 Å². The molecule has 0 aliphatic carbocycles. The molecule has 1 aliphatic heterocycles. The summed E-state index contributed by atoms with van der Waals surface area (Å²) >= 11 is 0. The second kappa shape index (κ2) is 4.95. The van der Waals surface area contributed by atoms with E-state index in [4.69, 9.17) is 4.74 Å². The molecule has 0 saturated carbocycles. The fraction of sp³-hybridized carbons (Fsp3) is 0.333. The molecule has 0 fully saturated rings. The van der Waals surface area contributed by atoms with Gasteiger partial charge in [0.15, 0.2) is 0 Å². The number of fused-ring (bicyclic) bond motifs is 1. The molecule has 1 unspecified atom stereocenters. The Kier molecular flexibility index (Phi) is 3.27. The summed E-state index contributed by atoms with van der Waals surface area (Å²) in [6.45, 7) is 7.24. The van der Waals surface area contributed by atoms with Crippen LogP contribution in [0.1, 0.15) is 36.6 Å². The Balaban J connectivity index is 1.78. The zero-order valence-corrected chi connectivity index (χ0v) is 12.3. The van der Waals surface area contributed by atoms with Gasteiger partial charge in [-0.05, 0) is 32.4 Å². The molecule has 0 amide bonds. The first-order chi connectivity index (χ1) is 9.56. The summed E-state index contributed by atoms with van der Waals surface area (Å²) in [5, 5.41) is 3.64. The first kappa shape index (κ1) is 13.2. The molecule has 2 aromatic carbocycles. The third-order valence-corrected chi connectivity index (χ3v) is 3.93. The Morgan fingerprint density at radius 1 is 1.05 bits per heavy atom. The van der Waals surface area contributed by atoms with E-state index in [0.29, 0.717) is 0 Å². The molecule has 3 rings (SSSR count). The predicted molar refractivity (Wildman–Crippen MR) is 81.9 cm³/mol. The van der Waals surface area contributed by atoms with Crippen molar-refractivity contribution in [1.29, 1.82) is 0 Å². The SMILES string of the molecule is Cc1ccc(CNC2c3ccccc3OC2(C)C)cc1. The predicted octanol–water partition coefficient (Wildman–Crippen LogP) is 4.00. The van der Waals surface area contributed by atoms with E-state index in [1.807, 2.05) is 12.1 Å². The first-order valence-corrected chi connectivity index (χ1v) is 7.13. The number of hydrogen-bond acceptors (Lipinski definition) is 2. The summed E-state index contributed by atoms with van der Waals surface area (Å²) in [5.74, 6) is 0.999. The van der Waals surface area contributed by atoms with Crippen LogP contribution in [0.25, 0.3) is 0 Å². The smallest absolute Gasteiger partial charge is 0.125 e. The minimum Gasteiger partial charge on any atom is -0.486 e. The van der Waals surface area contributed by atoms with E-state index < -0.39 is 0 Å². The molecule has 104 valence electrons. The lowest BCUT2D eigenvalue weighted by atomic mass is 9.94. The van der Waals surface area contributed by atoms with Crippen molar-refractivity contribution in [3.63, 3.8) is 0 Å². The highest BCUT2D eigenvalue weighted by molar-refractivity contribution is 5.42. The molecular formula is C18H21NO. The van der Waals surface area contributed by atoms with E-state index in [2.05, 4.69) is 62.5 Å². The molecule has 1 atom stereocenters. The van der Waals surface area contributed by atoms with Crippen LogP contribution in [-0.4, -0.2) is 5.60 Å². The topological polar surface area (TPSA) is 21.3 Å². The van der Waals surface area contributed by atoms with Gasteiger partial charge < -0.3 is 10.1 Å². The zero-order chi connectivity index (χ0) is 14.2. The molecule has 1 heterocycles. The summed E-state index contributed by atoms with van der Waals surface area (Å²) in [7, 11) is 0. The van der Waals surface area contributed by atoms with E-state index in [-0.39, 0.29) is 11.6 Å². The number of nitrogens with one attached hydrogen (secondary N) is 1. The maximum Gasteiger partial charge on any atom is 0.125 e. The van der Waals surface area contributed by atoms with Crippen molar-refractivity contribution in [3.8, 4) is 5.75 Å². The molecule has 20 heavy (non-hydrogen) atoms. The third kappa shape index (κ3) is 2.44.